The highest BCUT2D eigenvalue weighted by Gasteiger charge is 2.25. The van der Waals surface area contributed by atoms with E-state index in [9.17, 15) is 30.0 Å². The van der Waals surface area contributed by atoms with Gasteiger partial charge in [-0.05, 0) is 71.2 Å². The molecule has 15 nitrogen and oxygen atoms in total. The summed E-state index contributed by atoms with van der Waals surface area (Å²) >= 11 is 0. The number of aliphatic hydroxyl groups excluding tert-OH is 2. The molecule has 0 aliphatic rings. The van der Waals surface area contributed by atoms with E-state index in [0.29, 0.717) is 57.4 Å². The van der Waals surface area contributed by atoms with Crippen LogP contribution in [0.4, 0.5) is 0 Å². The average Bonchev–Trinajstić information content (AvgIpc) is 3.82. The second-order valence-corrected chi connectivity index (χ2v) is 16.7. The summed E-state index contributed by atoms with van der Waals surface area (Å²) in [5.41, 5.74) is 5.63. The number of aromatic hydroxyl groups is 2. The van der Waals surface area contributed by atoms with Gasteiger partial charge in [0.15, 0.2) is 0 Å². The molecule has 4 aromatic carbocycles. The molecule has 4 N–H and O–H groups in total. The Balaban J connectivity index is 0.929. The molecule has 0 aliphatic carbocycles. The van der Waals surface area contributed by atoms with E-state index in [-0.39, 0.29) is 50.8 Å². The zero-order valence-corrected chi connectivity index (χ0v) is 34.3. The topological polar surface area (TPSA) is 204 Å². The van der Waals surface area contributed by atoms with Crippen molar-refractivity contribution in [1.29, 1.82) is 0 Å². The number of aliphatic hydroxyl groups is 2. The number of carbonyl (C=O) groups is 2. The first-order valence-electron chi connectivity index (χ1n) is 19.6. The van der Waals surface area contributed by atoms with Crippen molar-refractivity contribution in [2.45, 2.75) is 90.3 Å². The van der Waals surface area contributed by atoms with Gasteiger partial charge in [0.1, 0.15) is 70.4 Å². The van der Waals surface area contributed by atoms with E-state index < -0.39 is 35.0 Å². The Morgan fingerprint density at radius 3 is 1.24 bits per heavy atom. The van der Waals surface area contributed by atoms with E-state index in [4.69, 9.17) is 14.2 Å². The maximum absolute atomic E-state index is 12.6. The maximum atomic E-state index is 12.6. The van der Waals surface area contributed by atoms with Gasteiger partial charge in [0.05, 0.1) is 13.2 Å². The lowest BCUT2D eigenvalue weighted by Crippen LogP contribution is -2.28. The largest absolute Gasteiger partial charge is 0.505 e. The Morgan fingerprint density at radius 1 is 0.576 bits per heavy atom. The van der Waals surface area contributed by atoms with Gasteiger partial charge in [-0.15, -0.1) is 30.0 Å². The number of hydrogen-bond donors (Lipinski definition) is 4. The summed E-state index contributed by atoms with van der Waals surface area (Å²) in [4.78, 5) is 28.1. The van der Waals surface area contributed by atoms with E-state index in [1.807, 2.05) is 102 Å². The number of aromatic nitrogens is 6. The maximum Gasteiger partial charge on any atom is 0.306 e. The number of phenolic OH excluding ortho intramolecular Hbond substituents is 2. The Kier molecular flexibility index (Phi) is 13.0. The normalized spacial score (nSPS) is 13.2. The summed E-state index contributed by atoms with van der Waals surface area (Å²) in [5, 5.41) is 61.1. The van der Waals surface area contributed by atoms with Crippen LogP contribution in [0.3, 0.4) is 0 Å². The molecule has 0 amide bonds. The summed E-state index contributed by atoms with van der Waals surface area (Å²) in [6, 6.07) is 22.0. The fraction of sp³-hybridized carbons (Fsp3) is 0.409. The zero-order chi connectivity index (χ0) is 42.5. The number of ether oxygens (including phenoxy) is 3. The van der Waals surface area contributed by atoms with Crippen LogP contribution in [0, 0.1) is 0 Å². The average molecular weight is 809 g/mol. The molecule has 0 bridgehead atoms. The summed E-state index contributed by atoms with van der Waals surface area (Å²) < 4.78 is 15.9. The lowest BCUT2D eigenvalue weighted by atomic mass is 9.84. The van der Waals surface area contributed by atoms with Gasteiger partial charge in [0, 0.05) is 24.0 Å². The second kappa shape index (κ2) is 17.9. The molecule has 0 fully saturated rings. The van der Waals surface area contributed by atoms with Crippen LogP contribution in [-0.4, -0.2) is 101 Å². The predicted octanol–water partition coefficient (Wildman–Crippen LogP) is 5.55. The van der Waals surface area contributed by atoms with Crippen molar-refractivity contribution >= 4 is 34.0 Å². The first-order valence-corrected chi connectivity index (χ1v) is 19.6. The Hall–Kier alpha value is -5.90. The van der Waals surface area contributed by atoms with Crippen LogP contribution in [0.15, 0.2) is 72.8 Å². The fourth-order valence-corrected chi connectivity index (χ4v) is 6.48. The van der Waals surface area contributed by atoms with E-state index in [2.05, 4.69) is 20.4 Å². The molecule has 0 aliphatic heterocycles. The number of fused-ring (bicyclic) bond motifs is 2. The van der Waals surface area contributed by atoms with Gasteiger partial charge in [-0.1, -0.05) is 77.9 Å². The van der Waals surface area contributed by atoms with Crippen LogP contribution in [0.1, 0.15) is 76.6 Å². The number of carbonyl (C=O) groups excluding carboxylic acids is 2. The van der Waals surface area contributed by atoms with Crippen molar-refractivity contribution in [3.05, 3.63) is 95.1 Å². The van der Waals surface area contributed by atoms with Crippen molar-refractivity contribution in [3.8, 4) is 22.9 Å². The van der Waals surface area contributed by atoms with Gasteiger partial charge in [0.2, 0.25) is 0 Å². The van der Waals surface area contributed by atoms with E-state index in [1.54, 1.807) is 12.1 Å². The van der Waals surface area contributed by atoms with Crippen LogP contribution >= 0.6 is 0 Å². The lowest BCUT2D eigenvalue weighted by Gasteiger charge is -2.23. The number of esters is 2. The van der Waals surface area contributed by atoms with Gasteiger partial charge >= 0.3 is 11.9 Å². The minimum absolute atomic E-state index is 0.0183. The quantitative estimate of drug-likeness (QED) is 0.0887. The SMILES string of the molecule is CC(C)(C)c1cc(CCC(=O)OCC(O)COCC(O)COC(=O)CCc2cc(-n3nc4ccccc4n3)c(O)c(C(C)(C)C)c2)cc(-n2nc3ccccc3n2)c1O. The first-order chi connectivity index (χ1) is 28.0. The van der Waals surface area contributed by atoms with Crippen molar-refractivity contribution in [2.24, 2.45) is 0 Å². The molecule has 0 spiro atoms. The monoisotopic (exact) mass is 808 g/mol. The molecule has 15 heteroatoms. The van der Waals surface area contributed by atoms with E-state index >= 15 is 0 Å². The molecule has 2 heterocycles. The molecule has 0 radical (unpaired) electrons. The third-order valence-electron chi connectivity index (χ3n) is 9.65. The number of hydrogen-bond acceptors (Lipinski definition) is 13. The highest BCUT2D eigenvalue weighted by Crippen LogP contribution is 2.38. The van der Waals surface area contributed by atoms with Crippen molar-refractivity contribution in [3.63, 3.8) is 0 Å². The van der Waals surface area contributed by atoms with Crippen molar-refractivity contribution in [2.75, 3.05) is 26.4 Å². The first kappa shape index (κ1) is 42.7. The number of phenols is 2. The number of benzene rings is 4. The third-order valence-corrected chi connectivity index (χ3v) is 9.65. The smallest absolute Gasteiger partial charge is 0.306 e. The molecule has 6 aromatic rings. The second-order valence-electron chi connectivity index (χ2n) is 16.7. The summed E-state index contributed by atoms with van der Waals surface area (Å²) in [7, 11) is 0. The molecule has 0 saturated carbocycles. The van der Waals surface area contributed by atoms with Crippen molar-refractivity contribution in [1.82, 2.24) is 30.0 Å². The molecule has 2 atom stereocenters. The van der Waals surface area contributed by atoms with E-state index in [0.717, 1.165) is 11.1 Å². The van der Waals surface area contributed by atoms with Crippen LogP contribution in [0.5, 0.6) is 11.5 Å². The Morgan fingerprint density at radius 2 is 0.915 bits per heavy atom. The highest BCUT2D eigenvalue weighted by molar-refractivity contribution is 5.75. The van der Waals surface area contributed by atoms with Gasteiger partial charge < -0.3 is 34.6 Å². The molecule has 2 aromatic heterocycles. The molecular formula is C44H52N6O9. The third kappa shape index (κ3) is 10.8. The summed E-state index contributed by atoms with van der Waals surface area (Å²) in [6.07, 6.45) is -1.65. The molecule has 6 rings (SSSR count). The van der Waals surface area contributed by atoms with Gasteiger partial charge in [-0.3, -0.25) is 9.59 Å². The van der Waals surface area contributed by atoms with E-state index in [1.165, 1.54) is 9.59 Å². The number of rotatable bonds is 16. The molecule has 2 unspecified atom stereocenters. The van der Waals surface area contributed by atoms with Crippen LogP contribution in [0.2, 0.25) is 0 Å². The fourth-order valence-electron chi connectivity index (χ4n) is 6.48. The number of nitrogens with zero attached hydrogens (tertiary/aromatic N) is 6. The van der Waals surface area contributed by atoms with Crippen LogP contribution in [0.25, 0.3) is 33.4 Å². The van der Waals surface area contributed by atoms with Crippen molar-refractivity contribution < 1.29 is 44.2 Å². The van der Waals surface area contributed by atoms with Crippen LogP contribution in [-0.2, 0) is 47.5 Å². The lowest BCUT2D eigenvalue weighted by molar-refractivity contribution is -0.149. The van der Waals surface area contributed by atoms with Gasteiger partial charge in [0.25, 0.3) is 0 Å². The molecular weight excluding hydrogens is 757 g/mol. The highest BCUT2D eigenvalue weighted by atomic mass is 16.6. The Labute approximate surface area is 342 Å². The zero-order valence-electron chi connectivity index (χ0n) is 34.3. The van der Waals surface area contributed by atoms with Crippen LogP contribution < -0.4 is 0 Å². The minimum Gasteiger partial charge on any atom is -0.505 e. The summed E-state index contributed by atoms with van der Waals surface area (Å²) in [6.45, 7) is 10.8. The minimum atomic E-state index is -1.15. The Bertz CT molecular complexity index is 2190. The molecule has 59 heavy (non-hydrogen) atoms. The standard InChI is InChI=1S/C44H52N6O9/c1-43(2,3)31-19-27(21-37(41(31)55)49-45-33-11-7-8-12-34(33)46-49)15-17-39(53)58-25-29(51)23-57-24-30(52)26-59-40(54)18-16-28-20-32(44(4,5)6)42(56)38(22-28)50-47-35-13-9-10-14-36(35)48-50/h7-14,19-22,29-30,51-52,55-56H,15-18,23-26H2,1-6H3. The van der Waals surface area contributed by atoms with Gasteiger partial charge in [-0.25, -0.2) is 0 Å². The predicted molar refractivity (Wildman–Crippen MR) is 220 cm³/mol. The van der Waals surface area contributed by atoms with Gasteiger partial charge in [-0.2, -0.15) is 0 Å². The summed E-state index contributed by atoms with van der Waals surface area (Å²) in [5.74, 6) is -0.945. The molecule has 0 saturated heterocycles. The molecule has 312 valence electrons. The number of aryl methyl sites for hydroxylation is 2.